The minimum Gasteiger partial charge on any atom is -0.496 e. The van der Waals surface area contributed by atoms with Crippen LogP contribution in [0.4, 0.5) is 23.3 Å². The van der Waals surface area contributed by atoms with Gasteiger partial charge in [-0.3, -0.25) is 38.8 Å². The number of ether oxygens (including phenoxy) is 2. The highest BCUT2D eigenvalue weighted by Gasteiger charge is 2.29. The van der Waals surface area contributed by atoms with Gasteiger partial charge < -0.3 is 56.4 Å². The fourth-order valence-electron chi connectivity index (χ4n) is 8.21. The first-order chi connectivity index (χ1) is 36.3. The highest BCUT2D eigenvalue weighted by molar-refractivity contribution is 6.36. The number of anilines is 4. The van der Waals surface area contributed by atoms with Gasteiger partial charge in [-0.15, -0.1) is 5.10 Å². The number of carbonyl (C=O) groups is 5. The Kier molecular flexibility index (Phi) is 18.6. The van der Waals surface area contributed by atoms with Crippen molar-refractivity contribution in [3.8, 4) is 34.2 Å². The van der Waals surface area contributed by atoms with E-state index in [0.29, 0.717) is 103 Å². The molecule has 3 amide bonds. The van der Waals surface area contributed by atoms with Gasteiger partial charge in [-0.05, 0) is 68.1 Å². The minimum absolute atomic E-state index is 0.0876. The number of aromatic nitrogens is 7. The number of carboxylic acid groups (broad SMARTS) is 2. The zero-order chi connectivity index (χ0) is 53.4. The molecule has 0 saturated carbocycles. The van der Waals surface area contributed by atoms with Crippen molar-refractivity contribution in [3.63, 3.8) is 0 Å². The summed E-state index contributed by atoms with van der Waals surface area (Å²) >= 11 is 6.95. The van der Waals surface area contributed by atoms with E-state index in [9.17, 15) is 24.3 Å². The summed E-state index contributed by atoms with van der Waals surface area (Å²) in [6.45, 7) is 4.20. The molecule has 2 aromatic carbocycles. The molecule has 7 aromatic rings. The number of amides is 3. The number of piperidine rings is 1. The van der Waals surface area contributed by atoms with Crippen LogP contribution in [0.3, 0.4) is 0 Å². The average molecular weight is 1050 g/mol. The first kappa shape index (κ1) is 54.0. The van der Waals surface area contributed by atoms with Gasteiger partial charge in [0.2, 0.25) is 23.6 Å². The standard InChI is InChI=1S/C49H53ClN14O8.CH2O2/c1-28-31(32-11-7-13-34(42(32)50)58-45(67)36-23-40(71-3)30(26-56-36)27-63-20-5-4-14-37(63)46(68)69)10-6-12-33(28)57-44(66)35-22-39(70-2)29(25-55-35)24-52-18-19-53-41(65)16-8-17-54-48-60-47(51)64-49(61-48)59-43(62-64)38-15-9-21-72-38;2-1-3/h6-7,9-13,15,21-23,25-26,37,52H,4-5,8,14,16-20,24,27H2,1-3H3,(H,53,65)(H,57,66)(H,58,67)(H,68,69)(H3,51,54,59,60,61,62);1H,(H,2,3)/t37-;/m0./s1. The van der Waals surface area contributed by atoms with Crippen LogP contribution in [0.1, 0.15) is 69.8 Å². The zero-order valence-electron chi connectivity index (χ0n) is 41.1. The van der Waals surface area contributed by atoms with Crippen LogP contribution in [0, 0.1) is 6.92 Å². The van der Waals surface area contributed by atoms with E-state index in [1.807, 2.05) is 24.0 Å². The van der Waals surface area contributed by atoms with E-state index in [1.54, 1.807) is 48.7 Å². The first-order valence-electron chi connectivity index (χ1n) is 23.6. The van der Waals surface area contributed by atoms with Gasteiger partial charge in [0, 0.05) is 86.0 Å². The summed E-state index contributed by atoms with van der Waals surface area (Å²) in [6, 6.07) is 16.6. The lowest BCUT2D eigenvalue weighted by molar-refractivity contribution is -0.145. The Morgan fingerprint density at radius 3 is 2.25 bits per heavy atom. The Labute approximate surface area is 434 Å². The highest BCUT2D eigenvalue weighted by atomic mass is 35.5. The Morgan fingerprint density at radius 1 is 0.880 bits per heavy atom. The number of furan rings is 1. The molecule has 6 heterocycles. The SMILES string of the molecule is COc1cc(C(=O)Nc2cccc(-c3cccc(NC(=O)c4cc(OC)c(CN5CCCC[C@H]5C(=O)O)cn4)c3Cl)c2C)ncc1CNCCNC(=O)CCCNc1nc(N)n2nc(-c3ccco3)nc2n1.O=CO. The van der Waals surface area contributed by atoms with Crippen molar-refractivity contribution in [2.24, 2.45) is 0 Å². The number of fused-ring (bicyclic) bond motifs is 1. The number of hydrogen-bond acceptors (Lipinski definition) is 18. The summed E-state index contributed by atoms with van der Waals surface area (Å²) in [5.74, 6) is 0.346. The number of halogens is 1. The fraction of sp³-hybridized carbons (Fsp3) is 0.300. The van der Waals surface area contributed by atoms with Gasteiger partial charge in [-0.2, -0.15) is 19.5 Å². The number of nitrogens with zero attached hydrogens (tertiary/aromatic N) is 8. The van der Waals surface area contributed by atoms with Crippen LogP contribution in [0.25, 0.3) is 28.5 Å². The maximum absolute atomic E-state index is 13.6. The Bertz CT molecular complexity index is 3150. The number of carbonyl (C=O) groups excluding carboxylic acids is 3. The molecule has 0 bridgehead atoms. The normalized spacial score (nSPS) is 13.3. The predicted molar refractivity (Wildman–Crippen MR) is 277 cm³/mol. The summed E-state index contributed by atoms with van der Waals surface area (Å²) in [7, 11) is 3.00. The van der Waals surface area contributed by atoms with Crippen molar-refractivity contribution in [3.05, 3.63) is 112 Å². The second-order valence-corrected chi connectivity index (χ2v) is 17.2. The van der Waals surface area contributed by atoms with Crippen LogP contribution in [-0.2, 0) is 27.5 Å². The third-order valence-corrected chi connectivity index (χ3v) is 12.4. The van der Waals surface area contributed by atoms with Crippen molar-refractivity contribution in [2.75, 3.05) is 62.1 Å². The quantitative estimate of drug-likeness (QED) is 0.0323. The van der Waals surface area contributed by atoms with Crippen LogP contribution in [0.15, 0.2) is 83.7 Å². The van der Waals surface area contributed by atoms with Gasteiger partial charge in [0.15, 0.2) is 5.76 Å². The lowest BCUT2D eigenvalue weighted by atomic mass is 9.98. The van der Waals surface area contributed by atoms with Crippen molar-refractivity contribution < 1.29 is 48.1 Å². The number of likely N-dealkylation sites (tertiary alicyclic amines) is 1. The summed E-state index contributed by atoms with van der Waals surface area (Å²) in [6.07, 6.45) is 7.73. The average Bonchev–Trinajstić information content (AvgIpc) is 4.11. The van der Waals surface area contributed by atoms with Crippen LogP contribution < -0.4 is 41.8 Å². The predicted octanol–water partition coefficient (Wildman–Crippen LogP) is 5.54. The molecular weight excluding hydrogens is 992 g/mol. The second-order valence-electron chi connectivity index (χ2n) is 16.8. The van der Waals surface area contributed by atoms with Crippen molar-refractivity contribution in [2.45, 2.75) is 58.2 Å². The molecule has 75 heavy (non-hydrogen) atoms. The molecule has 0 spiro atoms. The fourth-order valence-corrected chi connectivity index (χ4v) is 8.48. The van der Waals surface area contributed by atoms with Crippen LogP contribution in [0.5, 0.6) is 11.5 Å². The Morgan fingerprint density at radius 2 is 1.56 bits per heavy atom. The number of nitrogens with two attached hydrogens (primary N) is 1. The van der Waals surface area contributed by atoms with E-state index in [2.05, 4.69) is 56.6 Å². The van der Waals surface area contributed by atoms with E-state index in [1.165, 1.54) is 37.3 Å². The van der Waals surface area contributed by atoms with E-state index >= 15 is 0 Å². The lowest BCUT2D eigenvalue weighted by Gasteiger charge is -2.33. The maximum atomic E-state index is 13.6. The summed E-state index contributed by atoms with van der Waals surface area (Å²) < 4.78 is 17.9. The van der Waals surface area contributed by atoms with Gasteiger partial charge >= 0.3 is 5.97 Å². The molecule has 392 valence electrons. The zero-order valence-corrected chi connectivity index (χ0v) is 41.9. The minimum atomic E-state index is -0.864. The van der Waals surface area contributed by atoms with Gasteiger partial charge in [0.1, 0.15) is 28.9 Å². The molecule has 9 N–H and O–H groups in total. The Hall–Kier alpha value is -8.74. The van der Waals surface area contributed by atoms with Crippen LogP contribution in [-0.4, -0.2) is 126 Å². The summed E-state index contributed by atoms with van der Waals surface area (Å²) in [5.41, 5.74) is 10.6. The molecule has 1 aliphatic heterocycles. The molecule has 0 aliphatic carbocycles. The first-order valence-corrected chi connectivity index (χ1v) is 24.0. The smallest absolute Gasteiger partial charge is 0.320 e. The van der Waals surface area contributed by atoms with E-state index in [4.69, 9.17) is 41.1 Å². The van der Waals surface area contributed by atoms with Crippen LogP contribution in [0.2, 0.25) is 5.02 Å². The number of benzene rings is 2. The van der Waals surface area contributed by atoms with Crippen molar-refractivity contribution in [1.82, 2.24) is 50.1 Å². The van der Waals surface area contributed by atoms with Gasteiger partial charge in [0.05, 0.1) is 31.2 Å². The highest BCUT2D eigenvalue weighted by Crippen LogP contribution is 2.38. The number of methoxy groups -OCH3 is 2. The lowest BCUT2D eigenvalue weighted by Crippen LogP contribution is -2.44. The molecule has 1 saturated heterocycles. The van der Waals surface area contributed by atoms with E-state index < -0.39 is 23.8 Å². The topological polar surface area (TPSA) is 329 Å². The third kappa shape index (κ3) is 13.7. The molecule has 0 radical (unpaired) electrons. The monoisotopic (exact) mass is 1050 g/mol. The van der Waals surface area contributed by atoms with Gasteiger partial charge in [-0.1, -0.05) is 42.3 Å². The molecule has 5 aromatic heterocycles. The van der Waals surface area contributed by atoms with Crippen molar-refractivity contribution in [1.29, 1.82) is 0 Å². The van der Waals surface area contributed by atoms with Gasteiger partial charge in [-0.25, -0.2) is 0 Å². The van der Waals surface area contributed by atoms with Crippen LogP contribution >= 0.6 is 11.6 Å². The number of aliphatic carboxylic acids is 1. The molecule has 1 aliphatic rings. The van der Waals surface area contributed by atoms with E-state index in [0.717, 1.165) is 24.0 Å². The largest absolute Gasteiger partial charge is 0.496 e. The molecule has 8 rings (SSSR count). The number of hydrogen-bond donors (Lipinski definition) is 8. The summed E-state index contributed by atoms with van der Waals surface area (Å²) in [5, 5.41) is 36.2. The number of nitrogens with one attached hydrogen (secondary N) is 5. The molecule has 0 unspecified atom stereocenters. The second kappa shape index (κ2) is 25.8. The Balaban J connectivity index is 0.00000267. The molecular formula is C50H55ClN14O10. The van der Waals surface area contributed by atoms with E-state index in [-0.39, 0.29) is 52.9 Å². The molecule has 1 atom stereocenters. The number of pyridine rings is 2. The molecule has 25 heteroatoms. The van der Waals surface area contributed by atoms with Gasteiger partial charge in [0.25, 0.3) is 24.1 Å². The maximum Gasteiger partial charge on any atom is 0.320 e. The molecule has 1 fully saturated rings. The molecule has 24 nitrogen and oxygen atoms in total. The number of carboxylic acids is 1. The number of nitrogen functional groups attached to an aromatic ring is 1. The third-order valence-electron chi connectivity index (χ3n) is 12.0. The summed E-state index contributed by atoms with van der Waals surface area (Å²) in [4.78, 5) is 83.4. The van der Waals surface area contributed by atoms with Crippen molar-refractivity contribution >= 4 is 70.8 Å². The number of rotatable bonds is 21.